The van der Waals surface area contributed by atoms with Gasteiger partial charge in [-0.3, -0.25) is 0 Å². The van der Waals surface area contributed by atoms with E-state index >= 15 is 0 Å². The van der Waals surface area contributed by atoms with Crippen LogP contribution in [0, 0.1) is 0 Å². The molecule has 0 unspecified atom stereocenters. The summed E-state index contributed by atoms with van der Waals surface area (Å²) in [6, 6.07) is 12.9. The lowest BCUT2D eigenvalue weighted by atomic mass is 10.1. The normalized spacial score (nSPS) is 10.8. The van der Waals surface area contributed by atoms with Crippen molar-refractivity contribution in [3.05, 3.63) is 63.9 Å². The zero-order valence-corrected chi connectivity index (χ0v) is 12.0. The van der Waals surface area contributed by atoms with Crippen LogP contribution in [0.2, 0.25) is 0 Å². The number of aromatic nitrogens is 2. The number of imidazole rings is 1. The summed E-state index contributed by atoms with van der Waals surface area (Å²) in [4.78, 5) is 18.6. The van der Waals surface area contributed by atoms with Crippen molar-refractivity contribution in [2.45, 2.75) is 6.42 Å². The van der Waals surface area contributed by atoms with Crippen molar-refractivity contribution in [1.82, 2.24) is 9.97 Å². The first-order valence-corrected chi connectivity index (χ1v) is 6.87. The highest BCUT2D eigenvalue weighted by Gasteiger charge is 2.08. The number of fused-ring (bicyclic) bond motifs is 1. The fraction of sp³-hybridized carbons (Fsp3) is 0.0667. The second-order valence-corrected chi connectivity index (χ2v) is 5.44. The molecule has 0 fully saturated rings. The molecule has 0 aliphatic carbocycles. The quantitative estimate of drug-likeness (QED) is 0.770. The summed E-state index contributed by atoms with van der Waals surface area (Å²) in [6.45, 7) is 0. The molecule has 4 nitrogen and oxygen atoms in total. The highest BCUT2D eigenvalue weighted by atomic mass is 79.9. The van der Waals surface area contributed by atoms with Gasteiger partial charge in [-0.05, 0) is 35.9 Å². The molecule has 1 aromatic heterocycles. The van der Waals surface area contributed by atoms with E-state index in [0.717, 1.165) is 26.9 Å². The van der Waals surface area contributed by atoms with Crippen molar-refractivity contribution in [3.63, 3.8) is 0 Å². The number of hydrogen-bond acceptors (Lipinski definition) is 2. The average Bonchev–Trinajstić information content (AvgIpc) is 2.79. The number of carboxylic acids is 1. The molecule has 2 aromatic carbocycles. The molecule has 0 radical (unpaired) electrons. The lowest BCUT2D eigenvalue weighted by Crippen LogP contribution is -1.94. The van der Waals surface area contributed by atoms with Crippen molar-refractivity contribution in [1.29, 1.82) is 0 Å². The summed E-state index contributed by atoms with van der Waals surface area (Å²) in [6.07, 6.45) is 0.677. The predicted molar refractivity (Wildman–Crippen MR) is 80.0 cm³/mol. The SMILES string of the molecule is O=C(O)c1ccc2nc(Cc3cccc(Br)c3)[nH]c2c1. The van der Waals surface area contributed by atoms with Crippen LogP contribution in [0.3, 0.4) is 0 Å². The van der Waals surface area contributed by atoms with Crippen LogP contribution in [0.15, 0.2) is 46.9 Å². The fourth-order valence-corrected chi connectivity index (χ4v) is 2.57. The molecule has 0 bridgehead atoms. The number of hydrogen-bond donors (Lipinski definition) is 2. The molecule has 0 spiro atoms. The molecule has 1 heterocycles. The van der Waals surface area contributed by atoms with Crippen molar-refractivity contribution in [3.8, 4) is 0 Å². The van der Waals surface area contributed by atoms with E-state index in [1.165, 1.54) is 0 Å². The minimum absolute atomic E-state index is 0.259. The second-order valence-electron chi connectivity index (χ2n) is 4.53. The van der Waals surface area contributed by atoms with Crippen molar-refractivity contribution in [2.75, 3.05) is 0 Å². The van der Waals surface area contributed by atoms with Gasteiger partial charge in [-0.1, -0.05) is 28.1 Å². The summed E-state index contributed by atoms with van der Waals surface area (Å²) in [5.41, 5.74) is 2.92. The third kappa shape index (κ3) is 2.58. The molecule has 0 saturated heterocycles. The van der Waals surface area contributed by atoms with Gasteiger partial charge in [0, 0.05) is 10.9 Å². The maximum absolute atomic E-state index is 10.9. The molecule has 0 amide bonds. The molecule has 5 heteroatoms. The van der Waals surface area contributed by atoms with E-state index in [2.05, 4.69) is 25.9 Å². The van der Waals surface area contributed by atoms with Gasteiger partial charge in [0.15, 0.2) is 0 Å². The number of nitrogens with one attached hydrogen (secondary N) is 1. The van der Waals surface area contributed by atoms with Crippen LogP contribution >= 0.6 is 15.9 Å². The van der Waals surface area contributed by atoms with Gasteiger partial charge in [0.1, 0.15) is 5.82 Å². The second kappa shape index (κ2) is 5.09. The first-order valence-electron chi connectivity index (χ1n) is 6.08. The standard InChI is InChI=1S/C15H11BrN2O2/c16-11-3-1-2-9(6-11)7-14-17-12-5-4-10(15(19)20)8-13(12)18-14/h1-6,8H,7H2,(H,17,18)(H,19,20). The van der Waals surface area contributed by atoms with E-state index in [1.807, 2.05) is 24.3 Å². The minimum atomic E-state index is -0.935. The van der Waals surface area contributed by atoms with Crippen LogP contribution in [0.5, 0.6) is 0 Å². The molecular formula is C15H11BrN2O2. The Morgan fingerprint density at radius 2 is 2.10 bits per heavy atom. The van der Waals surface area contributed by atoms with E-state index in [-0.39, 0.29) is 5.56 Å². The summed E-state index contributed by atoms with van der Waals surface area (Å²) < 4.78 is 1.03. The van der Waals surface area contributed by atoms with Gasteiger partial charge in [0.25, 0.3) is 0 Å². The highest BCUT2D eigenvalue weighted by Crippen LogP contribution is 2.18. The van der Waals surface area contributed by atoms with Crippen molar-refractivity contribution < 1.29 is 9.90 Å². The van der Waals surface area contributed by atoms with Crippen LogP contribution in [0.25, 0.3) is 11.0 Å². The lowest BCUT2D eigenvalue weighted by molar-refractivity contribution is 0.0697. The Kier molecular flexibility index (Phi) is 3.28. The van der Waals surface area contributed by atoms with Gasteiger partial charge in [-0.15, -0.1) is 0 Å². The number of rotatable bonds is 3. The van der Waals surface area contributed by atoms with E-state index in [0.29, 0.717) is 6.42 Å². The molecule has 0 atom stereocenters. The summed E-state index contributed by atoms with van der Waals surface area (Å²) in [7, 11) is 0. The van der Waals surface area contributed by atoms with Gasteiger partial charge in [-0.25, -0.2) is 9.78 Å². The Morgan fingerprint density at radius 3 is 2.85 bits per heavy atom. The number of aromatic amines is 1. The summed E-state index contributed by atoms with van der Waals surface area (Å²) >= 11 is 3.44. The van der Waals surface area contributed by atoms with Crippen LogP contribution < -0.4 is 0 Å². The molecular weight excluding hydrogens is 320 g/mol. The zero-order chi connectivity index (χ0) is 14.1. The Bertz CT molecular complexity index is 795. The Balaban J connectivity index is 1.95. The largest absolute Gasteiger partial charge is 0.478 e. The Hall–Kier alpha value is -2.14. The van der Waals surface area contributed by atoms with Gasteiger partial charge >= 0.3 is 5.97 Å². The average molecular weight is 331 g/mol. The van der Waals surface area contributed by atoms with Crippen LogP contribution in [-0.4, -0.2) is 21.0 Å². The van der Waals surface area contributed by atoms with Crippen LogP contribution in [-0.2, 0) is 6.42 Å². The summed E-state index contributed by atoms with van der Waals surface area (Å²) in [5, 5.41) is 8.98. The number of aromatic carboxylic acids is 1. The number of H-pyrrole nitrogens is 1. The Morgan fingerprint density at radius 1 is 1.25 bits per heavy atom. The number of halogens is 1. The first-order chi connectivity index (χ1) is 9.61. The summed E-state index contributed by atoms with van der Waals surface area (Å²) in [5.74, 6) is -0.115. The van der Waals surface area contributed by atoms with E-state index < -0.39 is 5.97 Å². The van der Waals surface area contributed by atoms with Crippen LogP contribution in [0.4, 0.5) is 0 Å². The lowest BCUT2D eigenvalue weighted by Gasteiger charge is -1.98. The first kappa shape index (κ1) is 12.9. The Labute approximate surface area is 123 Å². The molecule has 0 aliphatic rings. The number of nitrogens with zero attached hydrogens (tertiary/aromatic N) is 1. The number of carboxylic acid groups (broad SMARTS) is 1. The maximum Gasteiger partial charge on any atom is 0.335 e. The monoisotopic (exact) mass is 330 g/mol. The highest BCUT2D eigenvalue weighted by molar-refractivity contribution is 9.10. The van der Waals surface area contributed by atoms with Crippen LogP contribution in [0.1, 0.15) is 21.7 Å². The third-order valence-electron chi connectivity index (χ3n) is 3.04. The molecule has 3 rings (SSSR count). The van der Waals surface area contributed by atoms with Gasteiger partial charge < -0.3 is 10.1 Å². The zero-order valence-electron chi connectivity index (χ0n) is 10.4. The smallest absolute Gasteiger partial charge is 0.335 e. The topological polar surface area (TPSA) is 66.0 Å². The van der Waals surface area contributed by atoms with E-state index in [9.17, 15) is 4.79 Å². The van der Waals surface area contributed by atoms with Gasteiger partial charge in [0.05, 0.1) is 16.6 Å². The fourth-order valence-electron chi connectivity index (χ4n) is 2.12. The molecule has 20 heavy (non-hydrogen) atoms. The van der Waals surface area contributed by atoms with Crippen molar-refractivity contribution >= 4 is 32.9 Å². The third-order valence-corrected chi connectivity index (χ3v) is 3.53. The molecule has 3 aromatic rings. The number of carbonyl (C=O) groups is 1. The van der Waals surface area contributed by atoms with Gasteiger partial charge in [-0.2, -0.15) is 0 Å². The van der Waals surface area contributed by atoms with E-state index in [4.69, 9.17) is 5.11 Å². The number of benzene rings is 2. The predicted octanol–water partition coefficient (Wildman–Crippen LogP) is 3.61. The maximum atomic E-state index is 10.9. The molecule has 2 N–H and O–H groups in total. The van der Waals surface area contributed by atoms with Crippen molar-refractivity contribution in [2.24, 2.45) is 0 Å². The molecule has 0 saturated carbocycles. The molecule has 100 valence electrons. The van der Waals surface area contributed by atoms with E-state index in [1.54, 1.807) is 18.2 Å². The minimum Gasteiger partial charge on any atom is -0.478 e. The molecule has 0 aliphatic heterocycles. The van der Waals surface area contributed by atoms with Gasteiger partial charge in [0.2, 0.25) is 0 Å².